The van der Waals surface area contributed by atoms with Crippen LogP contribution in [0, 0.1) is 5.92 Å². The Balaban J connectivity index is 2.05. The third-order valence-electron chi connectivity index (χ3n) is 4.53. The van der Waals surface area contributed by atoms with Crippen molar-refractivity contribution in [3.05, 3.63) is 30.1 Å². The Morgan fingerprint density at radius 1 is 1.33 bits per heavy atom. The molecule has 1 aliphatic rings. The molecule has 0 radical (unpaired) electrons. The van der Waals surface area contributed by atoms with Gasteiger partial charge in [-0.3, -0.25) is 4.98 Å². The number of ether oxygens (including phenoxy) is 1. The van der Waals surface area contributed by atoms with Crippen LogP contribution in [0.25, 0.3) is 0 Å². The predicted octanol–water partition coefficient (Wildman–Crippen LogP) is 3.59. The lowest BCUT2D eigenvalue weighted by molar-refractivity contribution is -0.0778. The number of rotatable bonds is 6. The van der Waals surface area contributed by atoms with E-state index in [4.69, 9.17) is 4.74 Å². The summed E-state index contributed by atoms with van der Waals surface area (Å²) < 4.78 is 6.27. The Labute approximate surface area is 129 Å². The third-order valence-corrected chi connectivity index (χ3v) is 4.53. The van der Waals surface area contributed by atoms with Crippen LogP contribution < -0.4 is 5.32 Å². The van der Waals surface area contributed by atoms with E-state index in [0.29, 0.717) is 12.0 Å². The molecule has 1 aliphatic heterocycles. The summed E-state index contributed by atoms with van der Waals surface area (Å²) in [5, 5.41) is 3.68. The average molecular weight is 290 g/mol. The second-order valence-electron chi connectivity index (χ2n) is 7.30. The van der Waals surface area contributed by atoms with Gasteiger partial charge in [0.05, 0.1) is 11.2 Å². The van der Waals surface area contributed by atoms with Crippen molar-refractivity contribution in [2.75, 3.05) is 6.54 Å². The summed E-state index contributed by atoms with van der Waals surface area (Å²) in [6, 6.07) is 6.63. The molecule has 2 rings (SSSR count). The Morgan fingerprint density at radius 2 is 2.10 bits per heavy atom. The maximum absolute atomic E-state index is 6.27. The number of hydrogen-bond donors (Lipinski definition) is 1. The first-order valence-electron chi connectivity index (χ1n) is 8.17. The van der Waals surface area contributed by atoms with Crippen molar-refractivity contribution in [2.24, 2.45) is 5.92 Å². The van der Waals surface area contributed by atoms with Gasteiger partial charge in [0.15, 0.2) is 0 Å². The van der Waals surface area contributed by atoms with Crippen LogP contribution in [0.15, 0.2) is 24.4 Å². The van der Waals surface area contributed by atoms with E-state index in [2.05, 4.69) is 57.1 Å². The molecule has 0 saturated carbocycles. The van der Waals surface area contributed by atoms with Gasteiger partial charge in [0.1, 0.15) is 0 Å². The second-order valence-corrected chi connectivity index (χ2v) is 7.30. The Bertz CT molecular complexity index is 442. The minimum absolute atomic E-state index is 0.0210. The Hall–Kier alpha value is -0.930. The summed E-state index contributed by atoms with van der Waals surface area (Å²) >= 11 is 0. The fraction of sp³-hybridized carbons (Fsp3) is 0.722. The quantitative estimate of drug-likeness (QED) is 0.869. The molecule has 1 fully saturated rings. The van der Waals surface area contributed by atoms with Gasteiger partial charge in [-0.25, -0.2) is 0 Å². The highest BCUT2D eigenvalue weighted by molar-refractivity contribution is 5.05. The standard InChI is InChI=1S/C18H30N2O/c1-6-19-16(11-10-14-9-7-8-12-20-14)15-13-17(2,3)21-18(15,4)5/h7-9,12,15-16,19H,6,10-11,13H2,1-5H3. The van der Waals surface area contributed by atoms with Gasteiger partial charge in [0, 0.05) is 23.9 Å². The average Bonchev–Trinajstić information content (AvgIpc) is 2.63. The van der Waals surface area contributed by atoms with Gasteiger partial charge in [0.2, 0.25) is 0 Å². The smallest absolute Gasteiger partial charge is 0.0677 e. The van der Waals surface area contributed by atoms with Crippen molar-refractivity contribution in [1.29, 1.82) is 0 Å². The number of aromatic nitrogens is 1. The lowest BCUT2D eigenvalue weighted by Gasteiger charge is -2.33. The molecule has 21 heavy (non-hydrogen) atoms. The van der Waals surface area contributed by atoms with Gasteiger partial charge in [-0.1, -0.05) is 13.0 Å². The van der Waals surface area contributed by atoms with Crippen LogP contribution in [0.1, 0.15) is 53.2 Å². The van der Waals surface area contributed by atoms with Crippen molar-refractivity contribution in [3.63, 3.8) is 0 Å². The third kappa shape index (κ3) is 4.27. The fourth-order valence-electron chi connectivity index (χ4n) is 3.79. The second kappa shape index (κ2) is 6.45. The molecule has 0 aromatic carbocycles. The molecule has 2 unspecified atom stereocenters. The number of pyridine rings is 1. The van der Waals surface area contributed by atoms with Crippen LogP contribution in [-0.2, 0) is 11.2 Å². The summed E-state index contributed by atoms with van der Waals surface area (Å²) in [5.74, 6) is 0.538. The van der Waals surface area contributed by atoms with Crippen LogP contribution in [0.3, 0.4) is 0 Å². The molecule has 1 aromatic heterocycles. The lowest BCUT2D eigenvalue weighted by Crippen LogP contribution is -2.44. The van der Waals surface area contributed by atoms with E-state index in [0.717, 1.165) is 25.8 Å². The minimum Gasteiger partial charge on any atom is -0.369 e. The van der Waals surface area contributed by atoms with Gasteiger partial charge in [-0.2, -0.15) is 0 Å². The molecule has 2 atom stereocenters. The molecule has 0 aliphatic carbocycles. The molecule has 3 nitrogen and oxygen atoms in total. The molecule has 1 saturated heterocycles. The van der Waals surface area contributed by atoms with Crippen molar-refractivity contribution in [3.8, 4) is 0 Å². The zero-order chi connectivity index (χ0) is 15.5. The summed E-state index contributed by atoms with van der Waals surface area (Å²) in [6.07, 6.45) is 5.12. The maximum Gasteiger partial charge on any atom is 0.0677 e. The molecule has 118 valence electrons. The summed E-state index contributed by atoms with van der Waals surface area (Å²) in [4.78, 5) is 4.44. The van der Waals surface area contributed by atoms with E-state index in [-0.39, 0.29) is 11.2 Å². The molecular formula is C18H30N2O. The number of aryl methyl sites for hydroxylation is 1. The SMILES string of the molecule is CCNC(CCc1ccccn1)C1CC(C)(C)OC1(C)C. The summed E-state index contributed by atoms with van der Waals surface area (Å²) in [6.45, 7) is 12.1. The number of nitrogens with one attached hydrogen (secondary N) is 1. The monoisotopic (exact) mass is 290 g/mol. The Kier molecular flexibility index (Phi) is 5.05. The van der Waals surface area contributed by atoms with Crippen molar-refractivity contribution >= 4 is 0 Å². The summed E-state index contributed by atoms with van der Waals surface area (Å²) in [7, 11) is 0. The van der Waals surface area contributed by atoms with E-state index >= 15 is 0 Å². The molecule has 1 aromatic rings. The van der Waals surface area contributed by atoms with Crippen molar-refractivity contribution < 1.29 is 4.74 Å². The molecule has 0 bridgehead atoms. The zero-order valence-electron chi connectivity index (χ0n) is 14.1. The molecule has 1 N–H and O–H groups in total. The maximum atomic E-state index is 6.27. The molecule has 2 heterocycles. The first-order chi connectivity index (χ1) is 9.84. The van der Waals surface area contributed by atoms with Crippen LogP contribution in [0.2, 0.25) is 0 Å². The van der Waals surface area contributed by atoms with Gasteiger partial charge < -0.3 is 10.1 Å². The van der Waals surface area contributed by atoms with E-state index in [1.807, 2.05) is 12.3 Å². The normalized spacial score (nSPS) is 24.9. The molecular weight excluding hydrogens is 260 g/mol. The van der Waals surface area contributed by atoms with Crippen LogP contribution in [0.4, 0.5) is 0 Å². The molecule has 0 amide bonds. The van der Waals surface area contributed by atoms with Crippen LogP contribution in [0.5, 0.6) is 0 Å². The predicted molar refractivity (Wildman–Crippen MR) is 87.4 cm³/mol. The number of nitrogens with zero attached hydrogens (tertiary/aromatic N) is 1. The van der Waals surface area contributed by atoms with E-state index < -0.39 is 0 Å². The highest BCUT2D eigenvalue weighted by Crippen LogP contribution is 2.44. The van der Waals surface area contributed by atoms with Crippen molar-refractivity contribution in [2.45, 2.75) is 71.1 Å². The largest absolute Gasteiger partial charge is 0.369 e. The number of hydrogen-bond acceptors (Lipinski definition) is 3. The Morgan fingerprint density at radius 3 is 2.62 bits per heavy atom. The minimum atomic E-state index is -0.0690. The first kappa shape index (κ1) is 16.4. The zero-order valence-corrected chi connectivity index (χ0v) is 14.1. The van der Waals surface area contributed by atoms with Gasteiger partial charge >= 0.3 is 0 Å². The van der Waals surface area contributed by atoms with Gasteiger partial charge in [0.25, 0.3) is 0 Å². The summed E-state index contributed by atoms with van der Waals surface area (Å²) in [5.41, 5.74) is 1.09. The fourth-order valence-corrected chi connectivity index (χ4v) is 3.79. The first-order valence-corrected chi connectivity index (χ1v) is 8.17. The highest BCUT2D eigenvalue weighted by Gasteiger charge is 2.48. The van der Waals surface area contributed by atoms with Gasteiger partial charge in [-0.05, 0) is 65.6 Å². The highest BCUT2D eigenvalue weighted by atomic mass is 16.5. The van der Waals surface area contributed by atoms with E-state index in [9.17, 15) is 0 Å². The molecule has 3 heteroatoms. The van der Waals surface area contributed by atoms with Crippen LogP contribution in [-0.4, -0.2) is 28.8 Å². The van der Waals surface area contributed by atoms with Crippen molar-refractivity contribution in [1.82, 2.24) is 10.3 Å². The van der Waals surface area contributed by atoms with Crippen LogP contribution >= 0.6 is 0 Å². The van der Waals surface area contributed by atoms with Gasteiger partial charge in [-0.15, -0.1) is 0 Å². The lowest BCUT2D eigenvalue weighted by atomic mass is 9.79. The van der Waals surface area contributed by atoms with E-state index in [1.54, 1.807) is 0 Å². The topological polar surface area (TPSA) is 34.2 Å². The molecule has 0 spiro atoms. The van der Waals surface area contributed by atoms with E-state index in [1.165, 1.54) is 5.69 Å².